The van der Waals surface area contributed by atoms with Crippen LogP contribution in [0.5, 0.6) is 5.75 Å². The highest BCUT2D eigenvalue weighted by Crippen LogP contribution is 2.22. The maximum atomic E-state index is 12.0. The van der Waals surface area contributed by atoms with Gasteiger partial charge in [0.15, 0.2) is 0 Å². The average molecular weight is 304 g/mol. The number of ether oxygens (including phenoxy) is 1. The minimum absolute atomic E-state index is 0.0167. The molecule has 0 heterocycles. The number of hydrogen-bond donors (Lipinski definition) is 2. The van der Waals surface area contributed by atoms with Gasteiger partial charge >= 0.3 is 6.36 Å². The second-order valence-electron chi connectivity index (χ2n) is 4.81. The van der Waals surface area contributed by atoms with Crippen molar-refractivity contribution in [2.75, 3.05) is 6.54 Å². The molecule has 0 saturated heterocycles. The summed E-state index contributed by atoms with van der Waals surface area (Å²) in [5, 5.41) is 2.73. The normalized spacial score (nSPS) is 12.8. The van der Waals surface area contributed by atoms with Crippen LogP contribution in [0.25, 0.3) is 0 Å². The Bertz CT molecular complexity index is 445. The molecule has 1 amide bonds. The van der Waals surface area contributed by atoms with E-state index in [1.807, 2.05) is 6.92 Å². The standard InChI is InChI=1S/C14H19F3N2O2/c1-10(18)2-7-13(20)19-9-8-11-3-5-12(6-4-11)21-14(15,16)17/h3-6,10H,2,7-9,18H2,1H3,(H,19,20). The molecule has 0 bridgehead atoms. The molecular formula is C14H19F3N2O2. The molecule has 0 aliphatic carbocycles. The van der Waals surface area contributed by atoms with Gasteiger partial charge in [0.2, 0.25) is 5.91 Å². The Hall–Kier alpha value is -1.76. The van der Waals surface area contributed by atoms with Crippen molar-refractivity contribution in [2.45, 2.75) is 38.6 Å². The van der Waals surface area contributed by atoms with E-state index in [9.17, 15) is 18.0 Å². The number of rotatable bonds is 7. The van der Waals surface area contributed by atoms with Crippen molar-refractivity contribution < 1.29 is 22.7 Å². The fourth-order valence-electron chi connectivity index (χ4n) is 1.65. The van der Waals surface area contributed by atoms with Gasteiger partial charge in [0, 0.05) is 19.0 Å². The topological polar surface area (TPSA) is 64.4 Å². The van der Waals surface area contributed by atoms with Crippen molar-refractivity contribution in [1.82, 2.24) is 5.32 Å². The molecule has 0 spiro atoms. The Morgan fingerprint density at radius 1 is 1.33 bits per heavy atom. The first-order valence-electron chi connectivity index (χ1n) is 6.63. The zero-order valence-electron chi connectivity index (χ0n) is 11.7. The van der Waals surface area contributed by atoms with Crippen molar-refractivity contribution in [3.8, 4) is 5.75 Å². The van der Waals surface area contributed by atoms with Crippen molar-refractivity contribution in [2.24, 2.45) is 5.73 Å². The zero-order chi connectivity index (χ0) is 15.9. The van der Waals surface area contributed by atoms with Crippen LogP contribution in [0.1, 0.15) is 25.3 Å². The molecule has 1 atom stereocenters. The molecule has 0 radical (unpaired) electrons. The number of hydrogen-bond acceptors (Lipinski definition) is 3. The largest absolute Gasteiger partial charge is 0.573 e. The lowest BCUT2D eigenvalue weighted by Crippen LogP contribution is -2.27. The fraction of sp³-hybridized carbons (Fsp3) is 0.500. The Labute approximate surface area is 121 Å². The molecule has 1 unspecified atom stereocenters. The number of carbonyl (C=O) groups excluding carboxylic acids is 1. The molecule has 0 aliphatic heterocycles. The highest BCUT2D eigenvalue weighted by molar-refractivity contribution is 5.75. The highest BCUT2D eigenvalue weighted by Gasteiger charge is 2.30. The SMILES string of the molecule is CC(N)CCC(=O)NCCc1ccc(OC(F)(F)F)cc1. The summed E-state index contributed by atoms with van der Waals surface area (Å²) in [6.07, 6.45) is -3.16. The van der Waals surface area contributed by atoms with Crippen LogP contribution in [-0.4, -0.2) is 24.9 Å². The zero-order valence-corrected chi connectivity index (χ0v) is 11.7. The predicted molar refractivity (Wildman–Crippen MR) is 72.7 cm³/mol. The first kappa shape index (κ1) is 17.3. The predicted octanol–water partition coefficient (Wildman–Crippen LogP) is 2.37. The summed E-state index contributed by atoms with van der Waals surface area (Å²) >= 11 is 0. The smallest absolute Gasteiger partial charge is 0.406 e. The van der Waals surface area contributed by atoms with Crippen molar-refractivity contribution >= 4 is 5.91 Å². The first-order chi connectivity index (χ1) is 9.76. The number of benzene rings is 1. The van der Waals surface area contributed by atoms with Gasteiger partial charge in [-0.05, 0) is 37.5 Å². The molecule has 0 aromatic heterocycles. The van der Waals surface area contributed by atoms with E-state index in [4.69, 9.17) is 5.73 Å². The van der Waals surface area contributed by atoms with Crippen LogP contribution < -0.4 is 15.8 Å². The van der Waals surface area contributed by atoms with E-state index in [0.29, 0.717) is 25.8 Å². The molecule has 0 aliphatic rings. The molecule has 1 rings (SSSR count). The van der Waals surface area contributed by atoms with Gasteiger partial charge in [-0.3, -0.25) is 4.79 Å². The van der Waals surface area contributed by atoms with Crippen LogP contribution in [0.2, 0.25) is 0 Å². The summed E-state index contributed by atoms with van der Waals surface area (Å²) in [5.41, 5.74) is 6.36. The van der Waals surface area contributed by atoms with Crippen LogP contribution in [0.3, 0.4) is 0 Å². The summed E-state index contributed by atoms with van der Waals surface area (Å²) < 4.78 is 39.7. The lowest BCUT2D eigenvalue weighted by molar-refractivity contribution is -0.274. The first-order valence-corrected chi connectivity index (χ1v) is 6.63. The van der Waals surface area contributed by atoms with Gasteiger partial charge in [-0.2, -0.15) is 0 Å². The maximum absolute atomic E-state index is 12.0. The van der Waals surface area contributed by atoms with E-state index in [0.717, 1.165) is 5.56 Å². The van der Waals surface area contributed by atoms with Crippen molar-refractivity contribution in [3.63, 3.8) is 0 Å². The minimum Gasteiger partial charge on any atom is -0.406 e. The van der Waals surface area contributed by atoms with E-state index >= 15 is 0 Å². The Kier molecular flexibility index (Phi) is 6.48. The van der Waals surface area contributed by atoms with Crippen LogP contribution in [0.15, 0.2) is 24.3 Å². The Morgan fingerprint density at radius 3 is 2.48 bits per heavy atom. The maximum Gasteiger partial charge on any atom is 0.573 e. The molecule has 1 aromatic carbocycles. The van der Waals surface area contributed by atoms with Crippen molar-refractivity contribution in [3.05, 3.63) is 29.8 Å². The molecule has 21 heavy (non-hydrogen) atoms. The molecule has 4 nitrogen and oxygen atoms in total. The lowest BCUT2D eigenvalue weighted by atomic mass is 10.1. The summed E-state index contributed by atoms with van der Waals surface area (Å²) in [6.45, 7) is 2.26. The van der Waals surface area contributed by atoms with Crippen molar-refractivity contribution in [1.29, 1.82) is 0 Å². The van der Waals surface area contributed by atoms with E-state index in [-0.39, 0.29) is 17.7 Å². The van der Waals surface area contributed by atoms with Gasteiger partial charge in [-0.15, -0.1) is 13.2 Å². The number of halogens is 3. The Balaban J connectivity index is 2.31. The van der Waals surface area contributed by atoms with E-state index < -0.39 is 6.36 Å². The van der Waals surface area contributed by atoms with Crippen LogP contribution >= 0.6 is 0 Å². The van der Waals surface area contributed by atoms with E-state index in [1.54, 1.807) is 0 Å². The second kappa shape index (κ2) is 7.87. The monoisotopic (exact) mass is 304 g/mol. The molecular weight excluding hydrogens is 285 g/mol. The fourth-order valence-corrected chi connectivity index (χ4v) is 1.65. The molecule has 3 N–H and O–H groups in total. The van der Waals surface area contributed by atoms with Crippen LogP contribution in [-0.2, 0) is 11.2 Å². The van der Waals surface area contributed by atoms with Gasteiger partial charge in [0.05, 0.1) is 0 Å². The van der Waals surface area contributed by atoms with Gasteiger partial charge in [-0.1, -0.05) is 12.1 Å². The molecule has 118 valence electrons. The number of carbonyl (C=O) groups is 1. The van der Waals surface area contributed by atoms with Gasteiger partial charge < -0.3 is 15.8 Å². The van der Waals surface area contributed by atoms with Gasteiger partial charge in [-0.25, -0.2) is 0 Å². The van der Waals surface area contributed by atoms with E-state index in [1.165, 1.54) is 24.3 Å². The summed E-state index contributed by atoms with van der Waals surface area (Å²) in [6, 6.07) is 5.56. The quantitative estimate of drug-likeness (QED) is 0.813. The third-order valence-corrected chi connectivity index (χ3v) is 2.72. The summed E-state index contributed by atoms with van der Waals surface area (Å²) in [5.74, 6) is -0.337. The third kappa shape index (κ3) is 8.19. The Morgan fingerprint density at radius 2 is 1.95 bits per heavy atom. The van der Waals surface area contributed by atoms with Gasteiger partial charge in [0.25, 0.3) is 0 Å². The number of alkyl halides is 3. The lowest BCUT2D eigenvalue weighted by Gasteiger charge is -2.10. The number of nitrogens with two attached hydrogens (primary N) is 1. The number of nitrogens with one attached hydrogen (secondary N) is 1. The summed E-state index contributed by atoms with van der Waals surface area (Å²) in [4.78, 5) is 11.4. The average Bonchev–Trinajstić information content (AvgIpc) is 2.37. The molecule has 0 fully saturated rings. The van der Waals surface area contributed by atoms with Gasteiger partial charge in [0.1, 0.15) is 5.75 Å². The summed E-state index contributed by atoms with van der Waals surface area (Å²) in [7, 11) is 0. The third-order valence-electron chi connectivity index (χ3n) is 2.72. The number of amides is 1. The van der Waals surface area contributed by atoms with E-state index in [2.05, 4.69) is 10.1 Å². The molecule has 7 heteroatoms. The van der Waals surface area contributed by atoms with Crippen LogP contribution in [0.4, 0.5) is 13.2 Å². The molecule has 1 aromatic rings. The highest BCUT2D eigenvalue weighted by atomic mass is 19.4. The minimum atomic E-state index is -4.68. The second-order valence-corrected chi connectivity index (χ2v) is 4.81. The molecule has 0 saturated carbocycles. The van der Waals surface area contributed by atoms with Crippen LogP contribution in [0, 0.1) is 0 Å².